The van der Waals surface area contributed by atoms with Gasteiger partial charge < -0.3 is 0 Å². The van der Waals surface area contributed by atoms with Gasteiger partial charge in [-0.25, -0.2) is 0 Å². The predicted octanol–water partition coefficient (Wildman–Crippen LogP) is 5.99. The van der Waals surface area contributed by atoms with E-state index in [0.717, 1.165) is 22.8 Å². The molecule has 0 nitrogen and oxygen atoms in total. The summed E-state index contributed by atoms with van der Waals surface area (Å²) in [6, 6.07) is 8.48. The van der Waals surface area contributed by atoms with Crippen molar-refractivity contribution in [1.29, 1.82) is 0 Å². The van der Waals surface area contributed by atoms with Gasteiger partial charge >= 0.3 is 0 Å². The fourth-order valence-electron chi connectivity index (χ4n) is 5.47. The normalized spacial score (nSPS) is 41.5. The highest BCUT2D eigenvalue weighted by Crippen LogP contribution is 2.65. The van der Waals surface area contributed by atoms with Crippen molar-refractivity contribution in [3.63, 3.8) is 0 Å². The van der Waals surface area contributed by atoms with Crippen molar-refractivity contribution in [2.75, 3.05) is 0 Å². The Morgan fingerprint density at radius 2 is 1.42 bits per heavy atom. The van der Waals surface area contributed by atoms with Gasteiger partial charge in [0.15, 0.2) is 0 Å². The van der Waals surface area contributed by atoms with E-state index in [9.17, 15) is 0 Å². The van der Waals surface area contributed by atoms with Crippen molar-refractivity contribution in [2.24, 2.45) is 23.2 Å². The molecule has 4 fully saturated rings. The van der Waals surface area contributed by atoms with Crippen molar-refractivity contribution in [3.8, 4) is 0 Å². The molecule has 1 atom stereocenters. The van der Waals surface area contributed by atoms with Gasteiger partial charge in [-0.05, 0) is 79.4 Å². The molecule has 0 N–H and O–H groups in total. The maximum Gasteiger partial charge on any atom is 0.0451 e. The Bertz CT molecular complexity index is 443. The van der Waals surface area contributed by atoms with Crippen LogP contribution in [0, 0.1) is 23.2 Å². The standard InChI is InChI=1S/C17H20BrCl/c18-16(14-1-3-15(19)4-2-14)17-8-11-5-12(9-17)7-13(6-11)10-17/h1-4,11-13,16H,5-10H2. The molecule has 1 aromatic carbocycles. The number of benzene rings is 1. The number of rotatable bonds is 2. The zero-order chi connectivity index (χ0) is 13.0. The van der Waals surface area contributed by atoms with Crippen molar-refractivity contribution < 1.29 is 0 Å². The van der Waals surface area contributed by atoms with Crippen LogP contribution in [0.25, 0.3) is 0 Å². The van der Waals surface area contributed by atoms with Crippen molar-refractivity contribution in [2.45, 2.75) is 43.4 Å². The third kappa shape index (κ3) is 2.08. The van der Waals surface area contributed by atoms with Crippen LogP contribution >= 0.6 is 27.5 Å². The zero-order valence-corrected chi connectivity index (χ0v) is 13.5. The Morgan fingerprint density at radius 1 is 0.947 bits per heavy atom. The van der Waals surface area contributed by atoms with E-state index >= 15 is 0 Å². The summed E-state index contributed by atoms with van der Waals surface area (Å²) in [5.41, 5.74) is 1.95. The Labute approximate surface area is 129 Å². The molecule has 0 radical (unpaired) electrons. The third-order valence-corrected chi connectivity index (χ3v) is 7.54. The number of alkyl halides is 1. The van der Waals surface area contributed by atoms with E-state index in [1.807, 2.05) is 12.1 Å². The minimum absolute atomic E-state index is 0.519. The van der Waals surface area contributed by atoms with E-state index in [4.69, 9.17) is 11.6 Å². The molecule has 0 aromatic heterocycles. The summed E-state index contributed by atoms with van der Waals surface area (Å²) in [5, 5.41) is 0.842. The van der Waals surface area contributed by atoms with Gasteiger partial charge in [-0.2, -0.15) is 0 Å². The topological polar surface area (TPSA) is 0 Å². The van der Waals surface area contributed by atoms with E-state index in [1.54, 1.807) is 0 Å². The Morgan fingerprint density at radius 3 is 1.89 bits per heavy atom. The summed E-state index contributed by atoms with van der Waals surface area (Å²) in [7, 11) is 0. The molecular weight excluding hydrogens is 320 g/mol. The van der Waals surface area contributed by atoms with Crippen LogP contribution in [0.2, 0.25) is 5.02 Å². The van der Waals surface area contributed by atoms with Crippen molar-refractivity contribution in [3.05, 3.63) is 34.9 Å². The van der Waals surface area contributed by atoms with Gasteiger partial charge in [0.05, 0.1) is 0 Å². The molecule has 4 aliphatic rings. The highest BCUT2D eigenvalue weighted by Gasteiger charge is 2.53. The van der Waals surface area contributed by atoms with Crippen LogP contribution in [0.1, 0.15) is 48.9 Å². The van der Waals surface area contributed by atoms with Gasteiger partial charge in [-0.15, -0.1) is 0 Å². The second-order valence-corrected chi connectivity index (χ2v) is 8.55. The molecule has 2 heteroatoms. The van der Waals surface area contributed by atoms with Crippen LogP contribution < -0.4 is 0 Å². The molecular formula is C17H20BrCl. The Hall–Kier alpha value is -0.0100. The van der Waals surface area contributed by atoms with E-state index in [0.29, 0.717) is 10.2 Å². The lowest BCUT2D eigenvalue weighted by atomic mass is 9.48. The highest BCUT2D eigenvalue weighted by atomic mass is 79.9. The van der Waals surface area contributed by atoms with E-state index in [-0.39, 0.29) is 0 Å². The first-order valence-corrected chi connectivity index (χ1v) is 8.83. The van der Waals surface area contributed by atoms with E-state index in [2.05, 4.69) is 28.1 Å². The first kappa shape index (κ1) is 12.7. The van der Waals surface area contributed by atoms with Gasteiger partial charge in [0, 0.05) is 9.85 Å². The van der Waals surface area contributed by atoms with Gasteiger partial charge in [0.25, 0.3) is 0 Å². The highest BCUT2D eigenvalue weighted by molar-refractivity contribution is 9.09. The molecule has 5 rings (SSSR count). The quantitative estimate of drug-likeness (QED) is 0.580. The molecule has 0 amide bonds. The minimum Gasteiger partial charge on any atom is -0.0843 e. The average molecular weight is 340 g/mol. The molecule has 0 saturated heterocycles. The van der Waals surface area contributed by atoms with Gasteiger partial charge in [-0.3, -0.25) is 0 Å². The van der Waals surface area contributed by atoms with E-state index in [1.165, 1.54) is 44.1 Å². The fraction of sp³-hybridized carbons (Fsp3) is 0.647. The lowest BCUT2D eigenvalue weighted by molar-refractivity contribution is -0.0528. The second kappa shape index (κ2) is 4.49. The zero-order valence-electron chi connectivity index (χ0n) is 11.1. The van der Waals surface area contributed by atoms with Crippen LogP contribution in [-0.4, -0.2) is 0 Å². The van der Waals surface area contributed by atoms with Crippen LogP contribution in [0.4, 0.5) is 0 Å². The second-order valence-electron chi connectivity index (χ2n) is 7.19. The van der Waals surface area contributed by atoms with Crippen molar-refractivity contribution in [1.82, 2.24) is 0 Å². The number of hydrogen-bond donors (Lipinski definition) is 0. The maximum absolute atomic E-state index is 6.02. The molecule has 1 unspecified atom stereocenters. The monoisotopic (exact) mass is 338 g/mol. The molecule has 4 bridgehead atoms. The smallest absolute Gasteiger partial charge is 0.0451 e. The molecule has 0 spiro atoms. The predicted molar refractivity (Wildman–Crippen MR) is 83.7 cm³/mol. The van der Waals surface area contributed by atoms with Crippen LogP contribution in [0.3, 0.4) is 0 Å². The summed E-state index contributed by atoms with van der Waals surface area (Å²) < 4.78 is 0. The van der Waals surface area contributed by atoms with Gasteiger partial charge in [-0.1, -0.05) is 39.7 Å². The Kier molecular flexibility index (Phi) is 3.01. The van der Waals surface area contributed by atoms with Crippen LogP contribution in [0.5, 0.6) is 0 Å². The van der Waals surface area contributed by atoms with Gasteiger partial charge in [0.1, 0.15) is 0 Å². The van der Waals surface area contributed by atoms with E-state index < -0.39 is 0 Å². The van der Waals surface area contributed by atoms with Crippen LogP contribution in [0.15, 0.2) is 24.3 Å². The summed E-state index contributed by atoms with van der Waals surface area (Å²) in [6.45, 7) is 0. The summed E-state index contributed by atoms with van der Waals surface area (Å²) in [4.78, 5) is 0.519. The molecule has 0 heterocycles. The minimum atomic E-state index is 0.519. The average Bonchev–Trinajstić information content (AvgIpc) is 2.37. The Balaban J connectivity index is 1.65. The third-order valence-electron chi connectivity index (χ3n) is 5.79. The summed E-state index contributed by atoms with van der Waals surface area (Å²) in [6.07, 6.45) is 8.87. The first-order valence-electron chi connectivity index (χ1n) is 7.54. The fourth-order valence-corrected chi connectivity index (χ4v) is 6.47. The van der Waals surface area contributed by atoms with Crippen molar-refractivity contribution >= 4 is 27.5 Å². The first-order chi connectivity index (χ1) is 9.14. The largest absolute Gasteiger partial charge is 0.0843 e. The molecule has 4 saturated carbocycles. The molecule has 0 aliphatic heterocycles. The summed E-state index contributed by atoms with van der Waals surface area (Å²) in [5.74, 6) is 3.04. The number of halogens is 2. The molecule has 102 valence electrons. The lowest BCUT2D eigenvalue weighted by Crippen LogP contribution is -2.47. The van der Waals surface area contributed by atoms with Gasteiger partial charge in [0.2, 0.25) is 0 Å². The number of hydrogen-bond acceptors (Lipinski definition) is 0. The summed E-state index contributed by atoms with van der Waals surface area (Å²) >= 11 is 10.1. The molecule has 1 aromatic rings. The van der Waals surface area contributed by atoms with Crippen LogP contribution in [-0.2, 0) is 0 Å². The molecule has 4 aliphatic carbocycles. The maximum atomic E-state index is 6.02. The molecule has 19 heavy (non-hydrogen) atoms. The lowest BCUT2D eigenvalue weighted by Gasteiger charge is -2.58. The SMILES string of the molecule is Clc1ccc(C(Br)C23CC4CC(CC(C4)C2)C3)cc1.